The summed E-state index contributed by atoms with van der Waals surface area (Å²) in [6, 6.07) is -0.709. The van der Waals surface area contributed by atoms with Crippen LogP contribution < -0.4 is 5.32 Å². The lowest BCUT2D eigenvalue weighted by Gasteiger charge is -2.24. The fourth-order valence-electron chi connectivity index (χ4n) is 8.46. The first-order valence-electron chi connectivity index (χ1n) is 27.9. The van der Waals surface area contributed by atoms with Crippen LogP contribution in [0.15, 0.2) is 48.6 Å². The number of aliphatic hydroxyl groups is 2. The van der Waals surface area contributed by atoms with Crippen LogP contribution in [0.3, 0.4) is 0 Å². The lowest BCUT2D eigenvalue weighted by molar-refractivity contribution is -0.151. The van der Waals surface area contributed by atoms with E-state index in [2.05, 4.69) is 74.7 Å². The molecule has 0 aliphatic rings. The molecule has 6 heteroatoms. The van der Waals surface area contributed by atoms with Crippen LogP contribution in [-0.2, 0) is 14.3 Å². The van der Waals surface area contributed by atoms with Crippen LogP contribution >= 0.6 is 0 Å². The largest absolute Gasteiger partial charge is 0.462 e. The van der Waals surface area contributed by atoms with Crippen molar-refractivity contribution in [3.8, 4) is 0 Å². The van der Waals surface area contributed by atoms with Gasteiger partial charge in [-0.2, -0.15) is 0 Å². The fourth-order valence-corrected chi connectivity index (χ4v) is 8.46. The smallest absolute Gasteiger partial charge is 0.306 e. The van der Waals surface area contributed by atoms with Gasteiger partial charge >= 0.3 is 5.97 Å². The molecule has 0 rings (SSSR count). The number of rotatable bonds is 50. The zero-order valence-electron chi connectivity index (χ0n) is 42.7. The highest BCUT2D eigenvalue weighted by molar-refractivity contribution is 5.77. The van der Waals surface area contributed by atoms with E-state index < -0.39 is 18.2 Å². The molecule has 3 atom stereocenters. The maximum absolute atomic E-state index is 13.2. The molecule has 3 unspecified atom stereocenters. The van der Waals surface area contributed by atoms with Crippen LogP contribution in [0.4, 0.5) is 0 Å². The van der Waals surface area contributed by atoms with Crippen molar-refractivity contribution in [2.24, 2.45) is 0 Å². The van der Waals surface area contributed by atoms with Gasteiger partial charge in [-0.25, -0.2) is 0 Å². The van der Waals surface area contributed by atoms with Gasteiger partial charge in [0.15, 0.2) is 0 Å². The summed E-state index contributed by atoms with van der Waals surface area (Å²) >= 11 is 0. The maximum Gasteiger partial charge on any atom is 0.306 e. The van der Waals surface area contributed by atoms with Crippen molar-refractivity contribution in [3.05, 3.63) is 48.6 Å². The number of ether oxygens (including phenoxy) is 1. The summed E-state index contributed by atoms with van der Waals surface area (Å²) in [6.07, 6.45) is 63.2. The lowest BCUT2D eigenvalue weighted by Crippen LogP contribution is -2.46. The molecule has 3 N–H and O–H groups in total. The molecule has 0 saturated carbocycles. The topological polar surface area (TPSA) is 95.9 Å². The molecule has 0 fully saturated rings. The molecule has 0 radical (unpaired) electrons. The van der Waals surface area contributed by atoms with Gasteiger partial charge in [-0.15, -0.1) is 0 Å². The van der Waals surface area contributed by atoms with Crippen LogP contribution in [-0.4, -0.2) is 46.9 Å². The van der Waals surface area contributed by atoms with Crippen LogP contribution in [0.25, 0.3) is 0 Å². The van der Waals surface area contributed by atoms with E-state index in [4.69, 9.17) is 4.74 Å². The van der Waals surface area contributed by atoms with Crippen molar-refractivity contribution in [3.63, 3.8) is 0 Å². The second-order valence-corrected chi connectivity index (χ2v) is 19.0. The van der Waals surface area contributed by atoms with Crippen molar-refractivity contribution < 1.29 is 24.5 Å². The molecule has 0 spiro atoms. The molecule has 6 nitrogen and oxygen atoms in total. The van der Waals surface area contributed by atoms with Gasteiger partial charge < -0.3 is 20.3 Å². The minimum atomic E-state index is -0.794. The molecule has 0 bridgehead atoms. The highest BCUT2D eigenvalue weighted by atomic mass is 16.5. The standard InChI is InChI=1S/C58H107NO5/c1-4-7-10-13-16-19-22-25-27-28-29-31-33-36-39-42-45-48-51-58(63)64-54(49-46-43-40-37-34-24-21-18-15-12-9-6-3)52-57(62)59-55(53-60)56(61)50-47-44-41-38-35-32-30-26-23-20-17-14-11-8-5-2/h9,12,18,21,27-29,31,54-56,60-61H,4-8,10-11,13-17,19-20,22-26,30,32-53H2,1-3H3,(H,59,62)/b12-9+,21-18+,28-27+,31-29+. The van der Waals surface area contributed by atoms with Crippen LogP contribution in [0.1, 0.15) is 284 Å². The third-order valence-electron chi connectivity index (χ3n) is 12.7. The average molecular weight is 898 g/mol. The Morgan fingerprint density at radius 3 is 1.36 bits per heavy atom. The van der Waals surface area contributed by atoms with Crippen LogP contribution in [0.5, 0.6) is 0 Å². The van der Waals surface area contributed by atoms with Gasteiger partial charge in [-0.05, 0) is 77.0 Å². The molecule has 1 amide bonds. The zero-order valence-corrected chi connectivity index (χ0v) is 42.7. The monoisotopic (exact) mass is 898 g/mol. The Morgan fingerprint density at radius 1 is 0.484 bits per heavy atom. The minimum Gasteiger partial charge on any atom is -0.462 e. The zero-order chi connectivity index (χ0) is 46.7. The van der Waals surface area contributed by atoms with E-state index in [9.17, 15) is 19.8 Å². The third-order valence-corrected chi connectivity index (χ3v) is 12.7. The molecule has 0 aromatic rings. The summed E-state index contributed by atoms with van der Waals surface area (Å²) in [5.74, 6) is -0.498. The summed E-state index contributed by atoms with van der Waals surface area (Å²) in [5.41, 5.74) is 0. The first kappa shape index (κ1) is 61.8. The van der Waals surface area contributed by atoms with Crippen molar-refractivity contribution >= 4 is 11.9 Å². The third kappa shape index (κ3) is 46.4. The normalized spacial score (nSPS) is 13.5. The number of carbonyl (C=O) groups is 2. The van der Waals surface area contributed by atoms with Gasteiger partial charge in [0, 0.05) is 6.42 Å². The molecule has 0 aromatic carbocycles. The van der Waals surface area contributed by atoms with Crippen LogP contribution in [0.2, 0.25) is 0 Å². The van der Waals surface area contributed by atoms with E-state index in [1.54, 1.807) is 0 Å². The second kappa shape index (κ2) is 51.8. The van der Waals surface area contributed by atoms with E-state index in [0.29, 0.717) is 19.3 Å². The van der Waals surface area contributed by atoms with Crippen molar-refractivity contribution in [2.45, 2.75) is 302 Å². The number of unbranched alkanes of at least 4 members (excludes halogenated alkanes) is 31. The number of nitrogens with one attached hydrogen (secondary N) is 1. The van der Waals surface area contributed by atoms with Crippen molar-refractivity contribution in [1.29, 1.82) is 0 Å². The molecule has 0 aliphatic carbocycles. The van der Waals surface area contributed by atoms with E-state index in [0.717, 1.165) is 89.9 Å². The highest BCUT2D eigenvalue weighted by Gasteiger charge is 2.24. The summed E-state index contributed by atoms with van der Waals surface area (Å²) in [4.78, 5) is 26.2. The molecule has 374 valence electrons. The Balaban J connectivity index is 4.53. The molecule has 0 heterocycles. The lowest BCUT2D eigenvalue weighted by atomic mass is 10.0. The van der Waals surface area contributed by atoms with Gasteiger partial charge in [0.1, 0.15) is 6.10 Å². The molecule has 0 saturated heterocycles. The second-order valence-electron chi connectivity index (χ2n) is 19.0. The summed E-state index contributed by atoms with van der Waals surface area (Å²) in [7, 11) is 0. The van der Waals surface area contributed by atoms with Crippen molar-refractivity contribution in [1.82, 2.24) is 5.32 Å². The number of esters is 1. The first-order valence-corrected chi connectivity index (χ1v) is 27.9. The Hall–Kier alpha value is -2.18. The van der Waals surface area contributed by atoms with E-state index in [-0.39, 0.29) is 24.9 Å². The van der Waals surface area contributed by atoms with Crippen LogP contribution in [0, 0.1) is 0 Å². The van der Waals surface area contributed by atoms with E-state index in [1.807, 2.05) is 0 Å². The SMILES string of the molecule is CC/C=C/C/C=C/CCCCCCCC(CC(=O)NC(CO)C(O)CCCCCCCCCCCCCCCCC)OC(=O)CCCCCCC/C=C/C=C/CCCCCCCCC. The number of carbonyl (C=O) groups excluding carboxylic acids is 2. The molecular formula is C58H107NO5. The summed E-state index contributed by atoms with van der Waals surface area (Å²) < 4.78 is 5.94. The Bertz CT molecular complexity index is 1100. The predicted octanol–water partition coefficient (Wildman–Crippen LogP) is 17.0. The Kier molecular flexibility index (Phi) is 50.0. The summed E-state index contributed by atoms with van der Waals surface area (Å²) in [5, 5.41) is 23.8. The van der Waals surface area contributed by atoms with Gasteiger partial charge in [0.05, 0.1) is 25.2 Å². The summed E-state index contributed by atoms with van der Waals surface area (Å²) in [6.45, 7) is 6.39. The molecule has 0 aromatic heterocycles. The first-order chi connectivity index (χ1) is 31.5. The van der Waals surface area contributed by atoms with E-state index >= 15 is 0 Å². The molecule has 0 aliphatic heterocycles. The quantitative estimate of drug-likeness (QED) is 0.0245. The number of amides is 1. The number of aliphatic hydroxyl groups excluding tert-OH is 2. The van der Waals surface area contributed by atoms with Gasteiger partial charge in [-0.1, -0.05) is 243 Å². The predicted molar refractivity (Wildman–Crippen MR) is 278 cm³/mol. The average Bonchev–Trinajstić information content (AvgIpc) is 3.29. The Labute approximate surface area is 397 Å². The van der Waals surface area contributed by atoms with Gasteiger partial charge in [0.2, 0.25) is 5.91 Å². The van der Waals surface area contributed by atoms with Crippen molar-refractivity contribution in [2.75, 3.05) is 6.61 Å². The van der Waals surface area contributed by atoms with Gasteiger partial charge in [-0.3, -0.25) is 9.59 Å². The van der Waals surface area contributed by atoms with E-state index in [1.165, 1.54) is 148 Å². The minimum absolute atomic E-state index is 0.0625. The molecule has 64 heavy (non-hydrogen) atoms. The highest BCUT2D eigenvalue weighted by Crippen LogP contribution is 2.18. The number of allylic oxidation sites excluding steroid dienone is 8. The molecular weight excluding hydrogens is 791 g/mol. The number of hydrogen-bond donors (Lipinski definition) is 3. The fraction of sp³-hybridized carbons (Fsp3) is 0.828. The Morgan fingerprint density at radius 2 is 0.891 bits per heavy atom. The van der Waals surface area contributed by atoms with Gasteiger partial charge in [0.25, 0.3) is 0 Å². The number of hydrogen-bond acceptors (Lipinski definition) is 5. The maximum atomic E-state index is 13.2.